The first-order chi connectivity index (χ1) is 9.70. The van der Waals surface area contributed by atoms with Crippen molar-refractivity contribution in [2.45, 2.75) is 25.3 Å². The fourth-order valence-corrected chi connectivity index (χ4v) is 2.60. The zero-order valence-electron chi connectivity index (χ0n) is 11.2. The van der Waals surface area contributed by atoms with Crippen LogP contribution < -0.4 is 11.3 Å². The summed E-state index contributed by atoms with van der Waals surface area (Å²) in [6, 6.07) is 15.2. The Morgan fingerprint density at radius 1 is 1.15 bits per heavy atom. The molecule has 20 heavy (non-hydrogen) atoms. The van der Waals surface area contributed by atoms with Crippen LogP contribution in [0.4, 0.5) is 4.39 Å². The van der Waals surface area contributed by atoms with Crippen molar-refractivity contribution in [3.05, 3.63) is 69.9 Å². The van der Waals surface area contributed by atoms with Gasteiger partial charge in [-0.3, -0.25) is 11.3 Å². The molecule has 3 N–H and O–H groups in total. The molecule has 2 rings (SSSR count). The van der Waals surface area contributed by atoms with E-state index in [4.69, 9.17) is 5.84 Å². The number of hydrazine groups is 1. The van der Waals surface area contributed by atoms with Gasteiger partial charge in [0.1, 0.15) is 5.82 Å². The first-order valence-corrected chi connectivity index (χ1v) is 7.45. The lowest BCUT2D eigenvalue weighted by Crippen LogP contribution is -2.28. The minimum Gasteiger partial charge on any atom is -0.271 e. The van der Waals surface area contributed by atoms with Crippen LogP contribution in [0.3, 0.4) is 0 Å². The average Bonchev–Trinajstić information content (AvgIpc) is 2.46. The molecule has 2 nitrogen and oxygen atoms in total. The van der Waals surface area contributed by atoms with Gasteiger partial charge in [-0.1, -0.05) is 52.3 Å². The van der Waals surface area contributed by atoms with Crippen molar-refractivity contribution >= 4 is 15.9 Å². The third-order valence-electron chi connectivity index (χ3n) is 3.34. The number of halogens is 2. The number of nitrogens with two attached hydrogens (primary N) is 1. The van der Waals surface area contributed by atoms with Crippen molar-refractivity contribution in [2.24, 2.45) is 5.84 Å². The maximum Gasteiger partial charge on any atom is 0.129 e. The van der Waals surface area contributed by atoms with Crippen LogP contribution in [0.15, 0.2) is 53.0 Å². The topological polar surface area (TPSA) is 38.0 Å². The lowest BCUT2D eigenvalue weighted by Gasteiger charge is -2.17. The Balaban J connectivity index is 1.95. The molecule has 0 spiro atoms. The van der Waals surface area contributed by atoms with Gasteiger partial charge in [0.05, 0.1) is 0 Å². The molecule has 0 aliphatic carbocycles. The summed E-state index contributed by atoms with van der Waals surface area (Å²) in [4.78, 5) is 0. The fraction of sp³-hybridized carbons (Fsp3) is 0.250. The fourth-order valence-electron chi connectivity index (χ4n) is 2.27. The van der Waals surface area contributed by atoms with Gasteiger partial charge in [0, 0.05) is 16.1 Å². The highest BCUT2D eigenvalue weighted by Crippen LogP contribution is 2.24. The summed E-state index contributed by atoms with van der Waals surface area (Å²) in [5, 5.41) is 0. The van der Waals surface area contributed by atoms with E-state index >= 15 is 0 Å². The van der Waals surface area contributed by atoms with E-state index in [-0.39, 0.29) is 11.9 Å². The monoisotopic (exact) mass is 336 g/mol. The van der Waals surface area contributed by atoms with Crippen molar-refractivity contribution in [1.29, 1.82) is 0 Å². The largest absolute Gasteiger partial charge is 0.271 e. The molecular weight excluding hydrogens is 319 g/mol. The van der Waals surface area contributed by atoms with E-state index in [9.17, 15) is 4.39 Å². The predicted molar refractivity (Wildman–Crippen MR) is 83.5 cm³/mol. The van der Waals surface area contributed by atoms with Gasteiger partial charge in [-0.05, 0) is 37.0 Å². The third kappa shape index (κ3) is 4.13. The number of nitrogens with one attached hydrogen (secondary N) is 1. The zero-order valence-corrected chi connectivity index (χ0v) is 12.7. The number of rotatable bonds is 6. The Hall–Kier alpha value is -1.23. The normalized spacial score (nSPS) is 12.3. The van der Waals surface area contributed by atoms with Gasteiger partial charge in [0.2, 0.25) is 0 Å². The summed E-state index contributed by atoms with van der Waals surface area (Å²) < 4.78 is 14.6. The summed E-state index contributed by atoms with van der Waals surface area (Å²) in [6.45, 7) is 0. The molecule has 0 amide bonds. The molecule has 4 heteroatoms. The van der Waals surface area contributed by atoms with Crippen LogP contribution in [0.25, 0.3) is 0 Å². The number of hydrogen-bond donors (Lipinski definition) is 2. The lowest BCUT2D eigenvalue weighted by atomic mass is 9.99. The molecule has 2 aromatic carbocycles. The maximum atomic E-state index is 13.9. The predicted octanol–water partition coefficient (Wildman–Crippen LogP) is 4.12. The number of hydrogen-bond acceptors (Lipinski definition) is 2. The second kappa shape index (κ2) is 7.53. The maximum absolute atomic E-state index is 13.9. The van der Waals surface area contributed by atoms with Gasteiger partial charge in [-0.2, -0.15) is 0 Å². The summed E-state index contributed by atoms with van der Waals surface area (Å²) in [5.74, 6) is 5.33. The second-order valence-corrected chi connectivity index (χ2v) is 5.68. The third-order valence-corrected chi connectivity index (χ3v) is 3.83. The second-order valence-electron chi connectivity index (χ2n) is 4.76. The lowest BCUT2D eigenvalue weighted by molar-refractivity contribution is 0.472. The van der Waals surface area contributed by atoms with E-state index in [1.54, 1.807) is 6.07 Å². The molecule has 0 saturated carbocycles. The first-order valence-electron chi connectivity index (χ1n) is 6.65. The summed E-state index contributed by atoms with van der Waals surface area (Å²) in [7, 11) is 0. The van der Waals surface area contributed by atoms with Crippen LogP contribution in [0, 0.1) is 5.82 Å². The summed E-state index contributed by atoms with van der Waals surface area (Å²) >= 11 is 3.26. The Kier molecular flexibility index (Phi) is 5.71. The van der Waals surface area contributed by atoms with Gasteiger partial charge in [0.15, 0.2) is 0 Å². The average molecular weight is 337 g/mol. The van der Waals surface area contributed by atoms with E-state index in [0.717, 1.165) is 23.7 Å². The van der Waals surface area contributed by atoms with Gasteiger partial charge < -0.3 is 0 Å². The Bertz CT molecular complexity index is 545. The van der Waals surface area contributed by atoms with E-state index in [1.807, 2.05) is 24.3 Å². The van der Waals surface area contributed by atoms with Gasteiger partial charge >= 0.3 is 0 Å². The Labute approximate surface area is 127 Å². The van der Waals surface area contributed by atoms with E-state index in [1.165, 1.54) is 11.6 Å². The van der Waals surface area contributed by atoms with Gasteiger partial charge in [0.25, 0.3) is 0 Å². The quantitative estimate of drug-likeness (QED) is 0.615. The van der Waals surface area contributed by atoms with Crippen LogP contribution in [-0.4, -0.2) is 0 Å². The molecule has 2 aromatic rings. The molecule has 0 bridgehead atoms. The molecule has 1 atom stereocenters. The highest BCUT2D eigenvalue weighted by molar-refractivity contribution is 9.10. The minimum absolute atomic E-state index is 0.160. The summed E-state index contributed by atoms with van der Waals surface area (Å²) in [6.07, 6.45) is 2.72. The standard InChI is InChI=1S/C16H18BrFN2/c17-13-9-10-14(15(18)11-13)16(20-19)8-4-7-12-5-2-1-3-6-12/h1-3,5-6,9-11,16,20H,4,7-8,19H2. The van der Waals surface area contributed by atoms with Crippen LogP contribution in [0.2, 0.25) is 0 Å². The van der Waals surface area contributed by atoms with Crippen LogP contribution in [-0.2, 0) is 6.42 Å². The van der Waals surface area contributed by atoms with E-state index in [0.29, 0.717) is 5.56 Å². The molecule has 0 radical (unpaired) electrons. The molecule has 106 valence electrons. The number of aryl methyl sites for hydroxylation is 1. The van der Waals surface area contributed by atoms with Crippen LogP contribution >= 0.6 is 15.9 Å². The zero-order chi connectivity index (χ0) is 14.4. The van der Waals surface area contributed by atoms with Gasteiger partial charge in [-0.25, -0.2) is 4.39 Å². The van der Waals surface area contributed by atoms with Crippen molar-refractivity contribution in [3.8, 4) is 0 Å². The molecule has 0 heterocycles. The Morgan fingerprint density at radius 2 is 1.90 bits per heavy atom. The molecule has 0 aliphatic rings. The van der Waals surface area contributed by atoms with Crippen molar-refractivity contribution in [3.63, 3.8) is 0 Å². The van der Waals surface area contributed by atoms with Crippen LogP contribution in [0.1, 0.15) is 30.0 Å². The molecule has 0 fully saturated rings. The highest BCUT2D eigenvalue weighted by atomic mass is 79.9. The van der Waals surface area contributed by atoms with Crippen LogP contribution in [0.5, 0.6) is 0 Å². The molecule has 0 saturated heterocycles. The number of benzene rings is 2. The Morgan fingerprint density at radius 3 is 2.55 bits per heavy atom. The van der Waals surface area contributed by atoms with Crippen molar-refractivity contribution < 1.29 is 4.39 Å². The van der Waals surface area contributed by atoms with Gasteiger partial charge in [-0.15, -0.1) is 0 Å². The molecular formula is C16H18BrFN2. The smallest absolute Gasteiger partial charge is 0.129 e. The van der Waals surface area contributed by atoms with Crippen molar-refractivity contribution in [1.82, 2.24) is 5.43 Å². The molecule has 1 unspecified atom stereocenters. The molecule has 0 aliphatic heterocycles. The SMILES string of the molecule is NNC(CCCc1ccccc1)c1ccc(Br)cc1F. The van der Waals surface area contributed by atoms with E-state index in [2.05, 4.69) is 33.5 Å². The van der Waals surface area contributed by atoms with E-state index < -0.39 is 0 Å². The van der Waals surface area contributed by atoms with Crippen molar-refractivity contribution in [2.75, 3.05) is 0 Å². The first kappa shape index (κ1) is 15.2. The summed E-state index contributed by atoms with van der Waals surface area (Å²) in [5.41, 5.74) is 4.62. The highest BCUT2D eigenvalue weighted by Gasteiger charge is 2.14. The minimum atomic E-state index is -0.234. The molecule has 0 aromatic heterocycles.